The topological polar surface area (TPSA) is 59.1 Å². The summed E-state index contributed by atoms with van der Waals surface area (Å²) in [6, 6.07) is 13.8. The summed E-state index contributed by atoms with van der Waals surface area (Å²) in [5.74, 6) is -4.84. The van der Waals surface area contributed by atoms with E-state index in [1.165, 1.54) is 18.3 Å². The molecule has 0 saturated carbocycles. The van der Waals surface area contributed by atoms with Crippen LogP contribution in [0.1, 0.15) is 22.4 Å². The summed E-state index contributed by atoms with van der Waals surface area (Å²) in [5, 5.41) is 10.7. The van der Waals surface area contributed by atoms with Gasteiger partial charge in [0, 0.05) is 23.9 Å². The molecule has 0 fully saturated rings. The largest absolute Gasteiger partial charge is 0.377 e. The van der Waals surface area contributed by atoms with Gasteiger partial charge in [-0.3, -0.25) is 4.98 Å². The normalized spacial score (nSPS) is 14.0. The Balaban J connectivity index is 2.01. The molecule has 3 N–H and O–H groups in total. The van der Waals surface area contributed by atoms with Crippen LogP contribution in [0, 0.1) is 19.7 Å². The maximum absolute atomic E-state index is 15.2. The van der Waals surface area contributed by atoms with Crippen LogP contribution in [0.15, 0.2) is 60.8 Å². The zero-order valence-corrected chi connectivity index (χ0v) is 15.6. The van der Waals surface area contributed by atoms with Crippen LogP contribution in [0.3, 0.4) is 0 Å². The number of hydrogen-bond donors (Lipinski definition) is 2. The maximum Gasteiger partial charge on any atom is 0.323 e. The van der Waals surface area contributed by atoms with Crippen molar-refractivity contribution < 1.29 is 18.3 Å². The van der Waals surface area contributed by atoms with E-state index in [1.54, 1.807) is 6.92 Å². The number of aromatic nitrogens is 1. The second-order valence-electron chi connectivity index (χ2n) is 6.92. The Labute approximate surface area is 161 Å². The SMILES string of the molecule is Cc1ccc(-c2ccc(C(F)(F)C(O)(CN)c3ccc(C)cc3F)nc2)cc1. The molecule has 3 aromatic rings. The number of rotatable bonds is 5. The first-order valence-corrected chi connectivity index (χ1v) is 8.79. The highest BCUT2D eigenvalue weighted by Gasteiger charge is 2.56. The molecule has 2 aromatic carbocycles. The third-order valence-electron chi connectivity index (χ3n) is 4.86. The van der Waals surface area contributed by atoms with Gasteiger partial charge in [0.2, 0.25) is 0 Å². The molecule has 0 aliphatic heterocycles. The average Bonchev–Trinajstić information content (AvgIpc) is 2.68. The minimum atomic E-state index is -3.90. The molecule has 1 atom stereocenters. The summed E-state index contributed by atoms with van der Waals surface area (Å²) in [4.78, 5) is 3.85. The third kappa shape index (κ3) is 3.41. The molecule has 0 saturated heterocycles. The Morgan fingerprint density at radius 2 is 1.54 bits per heavy atom. The molecule has 0 aliphatic carbocycles. The molecule has 0 amide bonds. The third-order valence-corrected chi connectivity index (χ3v) is 4.86. The van der Waals surface area contributed by atoms with Crippen LogP contribution >= 0.6 is 0 Å². The van der Waals surface area contributed by atoms with E-state index in [0.29, 0.717) is 11.1 Å². The fourth-order valence-electron chi connectivity index (χ4n) is 3.07. The van der Waals surface area contributed by atoms with Gasteiger partial charge in [0.05, 0.1) is 0 Å². The first kappa shape index (κ1) is 20.0. The van der Waals surface area contributed by atoms with E-state index in [9.17, 15) is 9.50 Å². The highest BCUT2D eigenvalue weighted by Crippen LogP contribution is 2.45. The van der Waals surface area contributed by atoms with Crippen LogP contribution in [0.2, 0.25) is 0 Å². The van der Waals surface area contributed by atoms with Crippen LogP contribution in [0.4, 0.5) is 13.2 Å². The Hall–Kier alpha value is -2.70. The van der Waals surface area contributed by atoms with Crippen molar-refractivity contribution >= 4 is 0 Å². The summed E-state index contributed by atoms with van der Waals surface area (Å²) in [7, 11) is 0. The molecule has 6 heteroatoms. The van der Waals surface area contributed by atoms with Gasteiger partial charge >= 0.3 is 5.92 Å². The van der Waals surface area contributed by atoms with Crippen molar-refractivity contribution in [2.75, 3.05) is 6.54 Å². The van der Waals surface area contributed by atoms with Gasteiger partial charge in [0.1, 0.15) is 11.5 Å². The Kier molecular flexibility index (Phi) is 5.28. The van der Waals surface area contributed by atoms with Gasteiger partial charge in [-0.25, -0.2) is 4.39 Å². The van der Waals surface area contributed by atoms with Crippen molar-refractivity contribution in [3.8, 4) is 11.1 Å². The summed E-state index contributed by atoms with van der Waals surface area (Å²) in [5.41, 5.74) is 4.41. The van der Waals surface area contributed by atoms with Gasteiger partial charge in [0.25, 0.3) is 0 Å². The van der Waals surface area contributed by atoms with Gasteiger partial charge in [-0.1, -0.05) is 48.0 Å². The van der Waals surface area contributed by atoms with E-state index in [2.05, 4.69) is 4.98 Å². The van der Waals surface area contributed by atoms with Crippen molar-refractivity contribution in [1.29, 1.82) is 0 Å². The van der Waals surface area contributed by atoms with E-state index < -0.39 is 35.1 Å². The molecular formula is C22H21F3N2O. The summed E-state index contributed by atoms with van der Waals surface area (Å²) in [6.07, 6.45) is 1.30. The van der Waals surface area contributed by atoms with Crippen molar-refractivity contribution in [2.24, 2.45) is 5.73 Å². The zero-order valence-electron chi connectivity index (χ0n) is 15.6. The number of hydrogen-bond acceptors (Lipinski definition) is 3. The standard InChI is InChI=1S/C22H21F3N2O/c1-14-3-6-16(7-4-14)17-8-10-20(27-12-17)22(24,25)21(28,13-26)18-9-5-15(2)11-19(18)23/h3-12,28H,13,26H2,1-2H3. The van der Waals surface area contributed by atoms with Crippen molar-refractivity contribution in [2.45, 2.75) is 25.4 Å². The van der Waals surface area contributed by atoms with E-state index in [4.69, 9.17) is 5.73 Å². The number of nitrogens with zero attached hydrogens (tertiary/aromatic N) is 1. The lowest BCUT2D eigenvalue weighted by Crippen LogP contribution is -2.50. The minimum absolute atomic E-state index is 0.546. The number of nitrogens with two attached hydrogens (primary N) is 1. The molecule has 0 bridgehead atoms. The van der Waals surface area contributed by atoms with Crippen molar-refractivity contribution in [3.63, 3.8) is 0 Å². The number of benzene rings is 2. The fraction of sp³-hybridized carbons (Fsp3) is 0.227. The molecule has 1 unspecified atom stereocenters. The lowest BCUT2D eigenvalue weighted by atomic mass is 9.84. The Bertz CT molecular complexity index is 972. The van der Waals surface area contributed by atoms with Crippen LogP contribution in [-0.2, 0) is 11.5 Å². The summed E-state index contributed by atoms with van der Waals surface area (Å²) >= 11 is 0. The highest BCUT2D eigenvalue weighted by molar-refractivity contribution is 5.62. The second-order valence-corrected chi connectivity index (χ2v) is 6.92. The Morgan fingerprint density at radius 3 is 2.07 bits per heavy atom. The van der Waals surface area contributed by atoms with Crippen molar-refractivity contribution in [3.05, 3.63) is 89.0 Å². The molecule has 28 heavy (non-hydrogen) atoms. The maximum atomic E-state index is 15.2. The number of alkyl halides is 2. The van der Waals surface area contributed by atoms with E-state index >= 15 is 8.78 Å². The van der Waals surface area contributed by atoms with Crippen molar-refractivity contribution in [1.82, 2.24) is 4.98 Å². The number of halogens is 3. The molecule has 0 spiro atoms. The molecule has 3 rings (SSSR count). The Morgan fingerprint density at radius 1 is 0.929 bits per heavy atom. The first-order valence-electron chi connectivity index (χ1n) is 8.79. The van der Waals surface area contributed by atoms with E-state index in [-0.39, 0.29) is 0 Å². The number of pyridine rings is 1. The number of aliphatic hydroxyl groups is 1. The lowest BCUT2D eigenvalue weighted by Gasteiger charge is -2.35. The predicted molar refractivity (Wildman–Crippen MR) is 102 cm³/mol. The van der Waals surface area contributed by atoms with Crippen LogP contribution < -0.4 is 5.73 Å². The zero-order chi connectivity index (χ0) is 20.5. The average molecular weight is 386 g/mol. The van der Waals surface area contributed by atoms with Gasteiger partial charge in [-0.15, -0.1) is 0 Å². The number of aryl methyl sites for hydroxylation is 2. The fourth-order valence-corrected chi connectivity index (χ4v) is 3.07. The van der Waals surface area contributed by atoms with Gasteiger partial charge in [-0.2, -0.15) is 8.78 Å². The molecule has 1 heterocycles. The van der Waals surface area contributed by atoms with Gasteiger partial charge in [0.15, 0.2) is 5.60 Å². The van der Waals surface area contributed by atoms with E-state index in [0.717, 1.165) is 29.3 Å². The predicted octanol–water partition coefficient (Wildman–Crippen LogP) is 4.44. The van der Waals surface area contributed by atoms with Gasteiger partial charge < -0.3 is 10.8 Å². The monoisotopic (exact) mass is 386 g/mol. The van der Waals surface area contributed by atoms with Crippen LogP contribution in [0.25, 0.3) is 11.1 Å². The van der Waals surface area contributed by atoms with E-state index in [1.807, 2.05) is 31.2 Å². The van der Waals surface area contributed by atoms with Gasteiger partial charge in [-0.05, 0) is 37.1 Å². The smallest absolute Gasteiger partial charge is 0.323 e. The van der Waals surface area contributed by atoms with Crippen LogP contribution in [0.5, 0.6) is 0 Å². The summed E-state index contributed by atoms with van der Waals surface area (Å²) in [6.45, 7) is 2.70. The molecule has 3 nitrogen and oxygen atoms in total. The minimum Gasteiger partial charge on any atom is -0.377 e. The molecule has 1 aromatic heterocycles. The first-order chi connectivity index (χ1) is 13.2. The quantitative estimate of drug-likeness (QED) is 0.681. The second kappa shape index (κ2) is 7.37. The lowest BCUT2D eigenvalue weighted by molar-refractivity contribution is -0.193. The molecule has 0 aliphatic rings. The molecule has 0 radical (unpaired) electrons. The highest BCUT2D eigenvalue weighted by atomic mass is 19.3. The molecular weight excluding hydrogens is 365 g/mol. The summed E-state index contributed by atoms with van der Waals surface area (Å²) < 4.78 is 44.7. The molecule has 146 valence electrons. The van der Waals surface area contributed by atoms with Crippen LogP contribution in [-0.4, -0.2) is 16.6 Å².